The zero-order chi connectivity index (χ0) is 32.6. The summed E-state index contributed by atoms with van der Waals surface area (Å²) < 4.78 is 99.5. The molecule has 246 valence electrons. The normalized spacial score (nSPS) is 24.6. The Kier molecular flexibility index (Phi) is 9.11. The number of rotatable bonds is 13. The lowest BCUT2D eigenvalue weighted by molar-refractivity contribution is -0.172. The van der Waals surface area contributed by atoms with E-state index in [9.17, 15) is 13.2 Å². The van der Waals surface area contributed by atoms with Crippen LogP contribution in [0.15, 0.2) is 91.0 Å². The van der Waals surface area contributed by atoms with Crippen LogP contribution in [-0.2, 0) is 23.6 Å². The Bertz CT molecular complexity index is 1490. The molecule has 0 saturated heterocycles. The van der Waals surface area contributed by atoms with Crippen molar-refractivity contribution in [3.05, 3.63) is 91.0 Å². The zero-order valence-electron chi connectivity index (χ0n) is 25.4. The predicted octanol–water partition coefficient (Wildman–Crippen LogP) is 7.40. The van der Waals surface area contributed by atoms with Gasteiger partial charge in [0.1, 0.15) is 15.9 Å². The fraction of sp³-hybridized carbons (Fsp3) is 0.457. The lowest BCUT2D eigenvalue weighted by Crippen LogP contribution is -2.50. The van der Waals surface area contributed by atoms with E-state index in [2.05, 4.69) is 0 Å². The summed E-state index contributed by atoms with van der Waals surface area (Å²) in [7, 11) is -10.1. The Labute approximate surface area is 268 Å². The van der Waals surface area contributed by atoms with E-state index in [4.69, 9.17) is 8.71 Å². The van der Waals surface area contributed by atoms with Gasteiger partial charge in [0.15, 0.2) is 0 Å². The maximum atomic E-state index is 15.6. The summed E-state index contributed by atoms with van der Waals surface area (Å²) in [6, 6.07) is 23.9. The van der Waals surface area contributed by atoms with Crippen molar-refractivity contribution in [2.45, 2.75) is 69.0 Å². The van der Waals surface area contributed by atoms with Gasteiger partial charge in [0.2, 0.25) is 0 Å². The highest BCUT2D eigenvalue weighted by molar-refractivity contribution is 8.02. The Hall–Kier alpha value is -2.81. The molecule has 0 aromatic heterocycles. The molecule has 4 fully saturated rings. The van der Waals surface area contributed by atoms with Crippen molar-refractivity contribution in [2.75, 3.05) is 6.61 Å². The van der Waals surface area contributed by atoms with Crippen molar-refractivity contribution < 1.29 is 39.5 Å². The molecule has 46 heavy (non-hydrogen) atoms. The number of halogens is 4. The van der Waals surface area contributed by atoms with Gasteiger partial charge in [-0.05, 0) is 106 Å². The van der Waals surface area contributed by atoms with Gasteiger partial charge in [-0.15, -0.1) is 0 Å². The predicted molar refractivity (Wildman–Crippen MR) is 170 cm³/mol. The molecule has 5 nitrogen and oxygen atoms in total. The molecule has 0 radical (unpaired) electrons. The Morgan fingerprint density at radius 3 is 1.54 bits per heavy atom. The van der Waals surface area contributed by atoms with Crippen LogP contribution in [0.25, 0.3) is 0 Å². The third-order valence-electron chi connectivity index (χ3n) is 9.90. The van der Waals surface area contributed by atoms with Gasteiger partial charge in [-0.25, -0.2) is 0 Å². The summed E-state index contributed by atoms with van der Waals surface area (Å²) in [5, 5.41) is -4.72. The van der Waals surface area contributed by atoms with Crippen LogP contribution >= 0.6 is 7.49 Å². The fourth-order valence-electron chi connectivity index (χ4n) is 8.14. The molecule has 0 atom stereocenters. The van der Waals surface area contributed by atoms with Crippen molar-refractivity contribution in [3.63, 3.8) is 0 Å². The van der Waals surface area contributed by atoms with E-state index < -0.39 is 47.0 Å². The standard InChI is InChI=1S/C35H38F4O5PS/c36-34(37,18-10-11-19-43-32(40)33-23-26-20-27(24-33)22-28(21-26)25-33)35(38,39)46(41,42)44-45(29-12-4-1-5-13-29,30-14-6-2-7-15-30)31-16-8-3-9-17-31/h1-9,12-17,26-28H,10-11,18-25H2/q+1. The first-order valence-electron chi connectivity index (χ1n) is 15.8. The van der Waals surface area contributed by atoms with Crippen molar-refractivity contribution in [3.8, 4) is 0 Å². The number of carbonyl (C=O) groups is 1. The fourth-order valence-corrected chi connectivity index (χ4v) is 13.9. The molecular weight excluding hydrogens is 639 g/mol. The van der Waals surface area contributed by atoms with Crippen molar-refractivity contribution in [1.82, 2.24) is 0 Å². The summed E-state index contributed by atoms with van der Waals surface area (Å²) in [5.41, 5.74) is -0.511. The van der Waals surface area contributed by atoms with Crippen molar-refractivity contribution in [1.29, 1.82) is 0 Å². The number of carbonyl (C=O) groups excluding carboxylic acids is 1. The molecule has 0 amide bonds. The average Bonchev–Trinajstić information content (AvgIpc) is 3.04. The van der Waals surface area contributed by atoms with Gasteiger partial charge >= 0.3 is 27.3 Å². The molecule has 7 rings (SSSR count). The lowest BCUT2D eigenvalue weighted by Gasteiger charge is -2.55. The quantitative estimate of drug-likeness (QED) is 0.0817. The van der Waals surface area contributed by atoms with E-state index in [0.717, 1.165) is 38.5 Å². The summed E-state index contributed by atoms with van der Waals surface area (Å²) in [6.07, 6.45) is 3.82. The Balaban J connectivity index is 1.17. The molecule has 4 aliphatic carbocycles. The number of benzene rings is 3. The van der Waals surface area contributed by atoms with Crippen LogP contribution in [0.1, 0.15) is 57.8 Å². The van der Waals surface area contributed by atoms with Crippen LogP contribution in [0, 0.1) is 23.2 Å². The number of hydrogen-bond acceptors (Lipinski definition) is 5. The second-order valence-corrected chi connectivity index (χ2v) is 17.9. The maximum absolute atomic E-state index is 15.6. The Morgan fingerprint density at radius 1 is 0.717 bits per heavy atom. The molecule has 0 heterocycles. The topological polar surface area (TPSA) is 69.7 Å². The lowest BCUT2D eigenvalue weighted by atomic mass is 9.49. The van der Waals surface area contributed by atoms with E-state index in [0.29, 0.717) is 17.8 Å². The van der Waals surface area contributed by atoms with E-state index in [1.54, 1.807) is 91.0 Å². The highest BCUT2D eigenvalue weighted by atomic mass is 32.2. The molecule has 11 heteroatoms. The maximum Gasteiger partial charge on any atom is 0.434 e. The summed E-state index contributed by atoms with van der Waals surface area (Å²) >= 11 is 0. The smallest absolute Gasteiger partial charge is 0.434 e. The van der Waals surface area contributed by atoms with Gasteiger partial charge in [0.25, 0.3) is 7.49 Å². The number of alkyl halides is 4. The van der Waals surface area contributed by atoms with Crippen LogP contribution in [0.3, 0.4) is 0 Å². The van der Waals surface area contributed by atoms with Crippen molar-refractivity contribution >= 4 is 39.5 Å². The zero-order valence-corrected chi connectivity index (χ0v) is 27.1. The molecule has 3 aromatic carbocycles. The molecule has 0 unspecified atom stereocenters. The third kappa shape index (κ3) is 6.01. The third-order valence-corrected chi connectivity index (χ3v) is 15.6. The number of esters is 1. The van der Waals surface area contributed by atoms with Gasteiger partial charge in [-0.1, -0.05) is 58.6 Å². The van der Waals surface area contributed by atoms with Gasteiger partial charge in [-0.2, -0.15) is 26.0 Å². The largest absolute Gasteiger partial charge is 0.465 e. The van der Waals surface area contributed by atoms with Crippen LogP contribution in [0.2, 0.25) is 0 Å². The van der Waals surface area contributed by atoms with Gasteiger partial charge in [0, 0.05) is 6.42 Å². The minimum atomic E-state index is -6.22. The van der Waals surface area contributed by atoms with Crippen LogP contribution in [0.5, 0.6) is 0 Å². The molecular formula is C35H38F4O5PS+. The second kappa shape index (κ2) is 12.7. The second-order valence-electron chi connectivity index (χ2n) is 13.2. The van der Waals surface area contributed by atoms with E-state index >= 15 is 17.6 Å². The van der Waals surface area contributed by atoms with Crippen LogP contribution < -0.4 is 15.9 Å². The summed E-state index contributed by atoms with van der Waals surface area (Å²) in [6.45, 7) is -0.184. The van der Waals surface area contributed by atoms with Crippen molar-refractivity contribution in [2.24, 2.45) is 23.2 Å². The SMILES string of the molecule is O=C(OCCCCC(F)(F)C(F)(F)S(=O)(=O)O[P+](c1ccccc1)(c1ccccc1)c1ccccc1)C12CC3CC(CC(C3)C1)C2. The number of unbranched alkanes of at least 4 members (excludes halogenated alkanes) is 1. The highest BCUT2D eigenvalue weighted by Gasteiger charge is 2.70. The minimum absolute atomic E-state index is 0.0976. The van der Waals surface area contributed by atoms with Crippen LogP contribution in [0.4, 0.5) is 17.6 Å². The molecule has 0 spiro atoms. The Morgan fingerprint density at radius 2 is 1.13 bits per heavy atom. The number of hydrogen-bond donors (Lipinski definition) is 0. The average molecular weight is 678 g/mol. The van der Waals surface area contributed by atoms with Crippen LogP contribution in [-0.4, -0.2) is 32.2 Å². The van der Waals surface area contributed by atoms with E-state index in [1.165, 1.54) is 0 Å². The summed E-state index contributed by atoms with van der Waals surface area (Å²) in [4.78, 5) is 13.0. The highest BCUT2D eigenvalue weighted by Crippen LogP contribution is 2.61. The number of ether oxygens (including phenoxy) is 1. The monoisotopic (exact) mass is 677 g/mol. The van der Waals surface area contributed by atoms with Gasteiger partial charge in [-0.3, -0.25) is 4.79 Å². The first-order valence-corrected chi connectivity index (χ1v) is 18.9. The molecule has 4 saturated carbocycles. The summed E-state index contributed by atoms with van der Waals surface area (Å²) in [5.74, 6) is -3.69. The van der Waals surface area contributed by atoms with Gasteiger partial charge < -0.3 is 4.74 Å². The molecule has 4 aliphatic rings. The first-order chi connectivity index (χ1) is 21.9. The van der Waals surface area contributed by atoms with E-state index in [1.807, 2.05) is 0 Å². The molecule has 0 N–H and O–H groups in total. The van der Waals surface area contributed by atoms with E-state index in [-0.39, 0.29) is 34.9 Å². The molecule has 3 aromatic rings. The molecule has 4 bridgehead atoms. The molecule has 0 aliphatic heterocycles. The van der Waals surface area contributed by atoms with Gasteiger partial charge in [0.05, 0.1) is 12.0 Å². The first kappa shape index (κ1) is 33.1. The minimum Gasteiger partial charge on any atom is -0.465 e.